The molecule has 0 saturated heterocycles. The molecule has 1 aliphatic carbocycles. The van der Waals surface area contributed by atoms with Gasteiger partial charge in [0.15, 0.2) is 5.65 Å². The number of aromatic nitrogens is 3. The average molecular weight is 306 g/mol. The Hall–Kier alpha value is -1.27. The number of fused-ring (bicyclic) bond motifs is 1. The monoisotopic (exact) mass is 306 g/mol. The maximum Gasteiger partial charge on any atom is 0.161 e. The maximum absolute atomic E-state index is 10.8. The summed E-state index contributed by atoms with van der Waals surface area (Å²) in [6.07, 6.45) is 8.99. The van der Waals surface area contributed by atoms with Crippen molar-refractivity contribution in [3.63, 3.8) is 0 Å². The number of hydrogen-bond acceptors (Lipinski definition) is 5. The Morgan fingerprint density at radius 3 is 2.76 bits per heavy atom. The highest BCUT2D eigenvalue weighted by Gasteiger charge is 2.29. The summed E-state index contributed by atoms with van der Waals surface area (Å²) in [4.78, 5) is 4.46. The number of nitrogen functional groups attached to an aromatic ring is 1. The summed E-state index contributed by atoms with van der Waals surface area (Å²) in [6.45, 7) is 1.97. The quantitative estimate of drug-likeness (QED) is 0.673. The molecule has 0 spiro atoms. The van der Waals surface area contributed by atoms with E-state index in [2.05, 4.69) is 10.1 Å². The molecule has 1 unspecified atom stereocenters. The van der Waals surface area contributed by atoms with E-state index in [1.807, 2.05) is 13.2 Å². The number of aryl methyl sites for hydroxylation is 1. The Morgan fingerprint density at radius 2 is 2.10 bits per heavy atom. The lowest BCUT2D eigenvalue weighted by Gasteiger charge is -2.28. The van der Waals surface area contributed by atoms with Gasteiger partial charge in [-0.15, -0.1) is 11.8 Å². The minimum absolute atomic E-state index is 0.280. The number of hydrogen-bond donors (Lipinski definition) is 2. The largest absolute Gasteiger partial charge is 0.388 e. The summed E-state index contributed by atoms with van der Waals surface area (Å²) in [5, 5.41) is 16.1. The Bertz CT molecular complexity index is 649. The molecule has 1 aliphatic rings. The number of aliphatic hydroxyl groups is 1. The van der Waals surface area contributed by atoms with E-state index in [1.165, 1.54) is 19.3 Å². The summed E-state index contributed by atoms with van der Waals surface area (Å²) in [6, 6.07) is 0. The molecule has 21 heavy (non-hydrogen) atoms. The maximum atomic E-state index is 10.8. The van der Waals surface area contributed by atoms with Gasteiger partial charge in [0.05, 0.1) is 17.9 Å². The van der Waals surface area contributed by atoms with Crippen LogP contribution in [0.2, 0.25) is 0 Å². The van der Waals surface area contributed by atoms with Crippen LogP contribution in [0.4, 0.5) is 5.82 Å². The zero-order valence-electron chi connectivity index (χ0n) is 12.5. The van der Waals surface area contributed by atoms with Gasteiger partial charge in [0.1, 0.15) is 10.8 Å². The molecule has 2 aromatic heterocycles. The van der Waals surface area contributed by atoms with Crippen LogP contribution in [-0.4, -0.2) is 26.0 Å². The fourth-order valence-corrected chi connectivity index (χ4v) is 4.02. The van der Waals surface area contributed by atoms with Crippen molar-refractivity contribution in [2.24, 2.45) is 5.92 Å². The highest BCUT2D eigenvalue weighted by Crippen LogP contribution is 2.40. The number of nitrogens with two attached hydrogens (primary N) is 1. The van der Waals surface area contributed by atoms with Crippen molar-refractivity contribution in [2.45, 2.75) is 50.2 Å². The Balaban J connectivity index is 2.10. The second kappa shape index (κ2) is 5.85. The Kier molecular flexibility index (Phi) is 4.08. The van der Waals surface area contributed by atoms with E-state index >= 15 is 0 Å². The van der Waals surface area contributed by atoms with Gasteiger partial charge in [0, 0.05) is 5.56 Å². The van der Waals surface area contributed by atoms with Crippen molar-refractivity contribution in [1.29, 1.82) is 0 Å². The molecule has 0 aliphatic heterocycles. The molecule has 0 radical (unpaired) electrons. The molecule has 1 fully saturated rings. The predicted molar refractivity (Wildman–Crippen MR) is 85.5 cm³/mol. The molecule has 114 valence electrons. The van der Waals surface area contributed by atoms with Crippen molar-refractivity contribution in [3.05, 3.63) is 17.3 Å². The molecule has 0 aromatic carbocycles. The molecule has 2 heterocycles. The fourth-order valence-electron chi connectivity index (χ4n) is 3.27. The zero-order valence-corrected chi connectivity index (χ0v) is 13.4. The predicted octanol–water partition coefficient (Wildman–Crippen LogP) is 2.96. The lowest BCUT2D eigenvalue weighted by molar-refractivity contribution is 0.0822. The van der Waals surface area contributed by atoms with Gasteiger partial charge in [-0.25, -0.2) is 9.50 Å². The summed E-state index contributed by atoms with van der Waals surface area (Å²) in [5.41, 5.74) is 8.70. The van der Waals surface area contributed by atoms with Gasteiger partial charge in [-0.2, -0.15) is 5.10 Å². The van der Waals surface area contributed by atoms with Crippen LogP contribution in [0.3, 0.4) is 0 Å². The van der Waals surface area contributed by atoms with Crippen molar-refractivity contribution in [3.8, 4) is 0 Å². The second-order valence-electron chi connectivity index (χ2n) is 5.83. The third-order valence-electron chi connectivity index (χ3n) is 4.43. The average Bonchev–Trinajstić information content (AvgIpc) is 2.87. The standard InChI is InChI=1S/C15H22N4OS/c1-9-8-17-19-14(9)18-13(16)11(15(19)21-2)12(20)10-6-4-3-5-7-10/h8,10,12,20H,3-7H2,1-2H3,(H2,16,18). The summed E-state index contributed by atoms with van der Waals surface area (Å²) >= 11 is 1.57. The molecule has 2 aromatic rings. The van der Waals surface area contributed by atoms with Gasteiger partial charge in [0.25, 0.3) is 0 Å². The number of thioether (sulfide) groups is 1. The molecule has 5 nitrogen and oxygen atoms in total. The van der Waals surface area contributed by atoms with E-state index < -0.39 is 6.10 Å². The van der Waals surface area contributed by atoms with Gasteiger partial charge in [-0.1, -0.05) is 19.3 Å². The molecule has 1 saturated carbocycles. The lowest BCUT2D eigenvalue weighted by atomic mass is 9.83. The molecular formula is C15H22N4OS. The highest BCUT2D eigenvalue weighted by atomic mass is 32.2. The summed E-state index contributed by atoms with van der Waals surface area (Å²) < 4.78 is 1.80. The van der Waals surface area contributed by atoms with Crippen molar-refractivity contribution in [1.82, 2.24) is 14.6 Å². The second-order valence-corrected chi connectivity index (χ2v) is 6.62. The van der Waals surface area contributed by atoms with Crippen LogP contribution in [-0.2, 0) is 0 Å². The van der Waals surface area contributed by atoms with Gasteiger partial charge in [-0.05, 0) is 31.9 Å². The van der Waals surface area contributed by atoms with Gasteiger partial charge in [0.2, 0.25) is 0 Å². The first-order chi connectivity index (χ1) is 10.1. The van der Waals surface area contributed by atoms with Crippen LogP contribution >= 0.6 is 11.8 Å². The van der Waals surface area contributed by atoms with E-state index in [-0.39, 0.29) is 5.92 Å². The summed E-state index contributed by atoms with van der Waals surface area (Å²) in [7, 11) is 0. The molecule has 0 amide bonds. The number of nitrogens with zero attached hydrogens (tertiary/aromatic N) is 3. The molecule has 0 bridgehead atoms. The molecular weight excluding hydrogens is 284 g/mol. The van der Waals surface area contributed by atoms with E-state index in [0.29, 0.717) is 5.82 Å². The topological polar surface area (TPSA) is 76.4 Å². The van der Waals surface area contributed by atoms with E-state index in [1.54, 1.807) is 22.5 Å². The molecule has 1 atom stereocenters. The van der Waals surface area contributed by atoms with Crippen molar-refractivity contribution >= 4 is 23.2 Å². The zero-order chi connectivity index (χ0) is 15.0. The molecule has 3 rings (SSSR count). The summed E-state index contributed by atoms with van der Waals surface area (Å²) in [5.74, 6) is 0.719. The van der Waals surface area contributed by atoms with Gasteiger partial charge >= 0.3 is 0 Å². The number of rotatable bonds is 3. The Morgan fingerprint density at radius 1 is 1.38 bits per heavy atom. The van der Waals surface area contributed by atoms with Gasteiger partial charge < -0.3 is 10.8 Å². The Labute approximate surface area is 128 Å². The first-order valence-electron chi connectivity index (χ1n) is 7.49. The smallest absolute Gasteiger partial charge is 0.161 e. The van der Waals surface area contributed by atoms with Crippen LogP contribution in [0.15, 0.2) is 11.2 Å². The normalized spacial score (nSPS) is 18.2. The van der Waals surface area contributed by atoms with E-state index in [0.717, 1.165) is 34.6 Å². The molecule has 6 heteroatoms. The number of aliphatic hydroxyl groups excluding tert-OH is 1. The minimum atomic E-state index is -0.547. The van der Waals surface area contributed by atoms with Crippen molar-refractivity contribution in [2.75, 3.05) is 12.0 Å². The fraction of sp³-hybridized carbons (Fsp3) is 0.600. The SMILES string of the molecule is CSc1c(C(O)C2CCCCC2)c(N)nc2c(C)cnn12. The van der Waals surface area contributed by atoms with E-state index in [4.69, 9.17) is 5.73 Å². The highest BCUT2D eigenvalue weighted by molar-refractivity contribution is 7.98. The molecule has 3 N–H and O–H groups in total. The third-order valence-corrected chi connectivity index (χ3v) is 5.21. The van der Waals surface area contributed by atoms with Crippen molar-refractivity contribution < 1.29 is 5.11 Å². The number of anilines is 1. The minimum Gasteiger partial charge on any atom is -0.388 e. The first-order valence-corrected chi connectivity index (χ1v) is 8.71. The van der Waals surface area contributed by atoms with Crippen LogP contribution in [0.25, 0.3) is 5.65 Å². The van der Waals surface area contributed by atoms with Crippen LogP contribution in [0, 0.1) is 12.8 Å². The lowest BCUT2D eigenvalue weighted by Crippen LogP contribution is -2.20. The third kappa shape index (κ3) is 2.51. The van der Waals surface area contributed by atoms with Crippen LogP contribution < -0.4 is 5.73 Å². The van der Waals surface area contributed by atoms with Crippen LogP contribution in [0.5, 0.6) is 0 Å². The first kappa shape index (κ1) is 14.7. The van der Waals surface area contributed by atoms with Crippen LogP contribution in [0.1, 0.15) is 49.3 Å². The van der Waals surface area contributed by atoms with Gasteiger partial charge in [-0.3, -0.25) is 0 Å². The van der Waals surface area contributed by atoms with E-state index in [9.17, 15) is 5.11 Å².